The average Bonchev–Trinajstić information content (AvgIpc) is 3.81. The number of fused-ring (bicyclic) bond motifs is 1. The van der Waals surface area contributed by atoms with E-state index in [9.17, 15) is 24.9 Å². The molecule has 4 aliphatic heterocycles. The molecular weight excluding hydrogens is 524 g/mol. The first-order valence-corrected chi connectivity index (χ1v) is 13.9. The van der Waals surface area contributed by atoms with Gasteiger partial charge in [0.25, 0.3) is 0 Å². The van der Waals surface area contributed by atoms with Crippen molar-refractivity contribution in [3.8, 4) is 0 Å². The highest BCUT2D eigenvalue weighted by molar-refractivity contribution is 5.82. The Kier molecular flexibility index (Phi) is 6.62. The summed E-state index contributed by atoms with van der Waals surface area (Å²) in [5, 5.41) is 31.9. The third-order valence-electron chi connectivity index (χ3n) is 10.3. The largest absolute Gasteiger partial charge is 0.463 e. The molecule has 0 aromatic carbocycles. The molecule has 40 heavy (non-hydrogen) atoms. The lowest BCUT2D eigenvalue weighted by molar-refractivity contribution is -0.239. The first kappa shape index (κ1) is 28.0. The van der Waals surface area contributed by atoms with Crippen molar-refractivity contribution in [2.24, 2.45) is 10.8 Å². The predicted octanol–water partition coefficient (Wildman–Crippen LogP) is 0.496. The molecule has 1 unspecified atom stereocenters. The third-order valence-corrected chi connectivity index (χ3v) is 10.3. The lowest BCUT2D eigenvalue weighted by Gasteiger charge is -2.58. The number of carbonyl (C=O) groups excluding carboxylic acids is 2. The van der Waals surface area contributed by atoms with Crippen LogP contribution in [0.3, 0.4) is 0 Å². The van der Waals surface area contributed by atoms with Crippen LogP contribution in [0.15, 0.2) is 36.0 Å². The van der Waals surface area contributed by atoms with Crippen molar-refractivity contribution >= 4 is 11.9 Å². The van der Waals surface area contributed by atoms with E-state index >= 15 is 0 Å². The zero-order chi connectivity index (χ0) is 28.7. The van der Waals surface area contributed by atoms with E-state index in [-0.39, 0.29) is 25.7 Å². The van der Waals surface area contributed by atoms with Crippen LogP contribution in [0.25, 0.3) is 0 Å². The van der Waals surface area contributed by atoms with Gasteiger partial charge in [0.2, 0.25) is 0 Å². The average molecular weight is 563 g/mol. The van der Waals surface area contributed by atoms with Crippen LogP contribution in [0.1, 0.15) is 40.5 Å². The Labute approximate surface area is 232 Å². The molecule has 1 saturated carbocycles. The van der Waals surface area contributed by atoms with Crippen molar-refractivity contribution in [2.75, 3.05) is 19.8 Å². The quantitative estimate of drug-likeness (QED) is 0.232. The van der Waals surface area contributed by atoms with Gasteiger partial charge in [-0.1, -0.05) is 31.2 Å². The molecule has 4 heterocycles. The summed E-state index contributed by atoms with van der Waals surface area (Å²) in [4.78, 5) is 26.3. The maximum atomic E-state index is 13.3. The molecule has 6 rings (SSSR count). The van der Waals surface area contributed by atoms with Crippen molar-refractivity contribution in [1.82, 2.24) is 0 Å². The van der Waals surface area contributed by atoms with Gasteiger partial charge in [0.1, 0.15) is 36.1 Å². The topological polar surface area (TPSA) is 157 Å². The fraction of sp³-hybridized carbons (Fsp3) is 0.724. The van der Waals surface area contributed by atoms with Crippen LogP contribution in [0.2, 0.25) is 0 Å². The van der Waals surface area contributed by atoms with Crippen molar-refractivity contribution in [3.63, 3.8) is 0 Å². The number of aliphatic hydroxyl groups is 3. The van der Waals surface area contributed by atoms with E-state index in [0.717, 1.165) is 5.57 Å². The van der Waals surface area contributed by atoms with Gasteiger partial charge in [0.05, 0.1) is 43.0 Å². The Morgan fingerprint density at radius 2 is 1.85 bits per heavy atom. The smallest absolute Gasteiger partial charge is 0.338 e. The van der Waals surface area contributed by atoms with Crippen LogP contribution in [0.5, 0.6) is 0 Å². The summed E-state index contributed by atoms with van der Waals surface area (Å²) in [5.41, 5.74) is -3.03. The van der Waals surface area contributed by atoms with E-state index < -0.39 is 76.7 Å². The molecule has 220 valence electrons. The molecular formula is C29H38O11. The van der Waals surface area contributed by atoms with Crippen LogP contribution in [-0.4, -0.2) is 107 Å². The first-order chi connectivity index (χ1) is 18.9. The number of hydrogen-bond donors (Lipinski definition) is 3. The highest BCUT2D eigenvalue weighted by Crippen LogP contribution is 2.72. The van der Waals surface area contributed by atoms with Crippen LogP contribution in [0, 0.1) is 10.8 Å². The third kappa shape index (κ3) is 3.97. The molecule has 0 aromatic heterocycles. The van der Waals surface area contributed by atoms with Crippen LogP contribution in [-0.2, 0) is 38.0 Å². The van der Waals surface area contributed by atoms with Gasteiger partial charge in [-0.3, -0.25) is 0 Å². The van der Waals surface area contributed by atoms with Gasteiger partial charge in [-0.25, -0.2) is 9.59 Å². The molecule has 11 nitrogen and oxygen atoms in total. The summed E-state index contributed by atoms with van der Waals surface area (Å²) in [7, 11) is 0. The molecule has 0 aromatic rings. The number of ether oxygens (including phenoxy) is 6. The lowest BCUT2D eigenvalue weighted by atomic mass is 9.51. The number of rotatable bonds is 1. The highest BCUT2D eigenvalue weighted by Gasteiger charge is 2.83. The van der Waals surface area contributed by atoms with Crippen molar-refractivity contribution < 1.29 is 53.3 Å². The van der Waals surface area contributed by atoms with E-state index in [4.69, 9.17) is 28.4 Å². The Morgan fingerprint density at radius 3 is 2.55 bits per heavy atom. The van der Waals surface area contributed by atoms with Crippen LogP contribution >= 0.6 is 0 Å². The molecule has 4 fully saturated rings. The Balaban J connectivity index is 1.38. The van der Waals surface area contributed by atoms with Gasteiger partial charge in [-0.2, -0.15) is 0 Å². The van der Waals surface area contributed by atoms with Crippen LogP contribution in [0.4, 0.5) is 0 Å². The Morgan fingerprint density at radius 1 is 1.10 bits per heavy atom. The van der Waals surface area contributed by atoms with E-state index in [1.54, 1.807) is 26.0 Å². The summed E-state index contributed by atoms with van der Waals surface area (Å²) < 4.78 is 35.9. The van der Waals surface area contributed by atoms with Gasteiger partial charge in [-0.15, -0.1) is 0 Å². The van der Waals surface area contributed by atoms with E-state index in [2.05, 4.69) is 0 Å². The fourth-order valence-electron chi connectivity index (χ4n) is 7.38. The Hall–Kier alpha value is -2.12. The second-order valence-electron chi connectivity index (χ2n) is 12.5. The fourth-order valence-corrected chi connectivity index (χ4v) is 7.38. The number of epoxide rings is 2. The second kappa shape index (κ2) is 9.45. The monoisotopic (exact) mass is 562 g/mol. The van der Waals surface area contributed by atoms with Gasteiger partial charge >= 0.3 is 11.9 Å². The second-order valence-corrected chi connectivity index (χ2v) is 12.5. The van der Waals surface area contributed by atoms with E-state index in [1.165, 1.54) is 12.2 Å². The van der Waals surface area contributed by atoms with Crippen LogP contribution < -0.4 is 0 Å². The molecule has 2 spiro atoms. The summed E-state index contributed by atoms with van der Waals surface area (Å²) >= 11 is 0. The molecule has 2 bridgehead atoms. The molecule has 6 aliphatic rings. The number of allylic oxidation sites excluding steroid dienone is 2. The van der Waals surface area contributed by atoms with E-state index in [0.29, 0.717) is 13.0 Å². The van der Waals surface area contributed by atoms with Gasteiger partial charge in [0, 0.05) is 17.9 Å². The zero-order valence-electron chi connectivity index (χ0n) is 23.1. The predicted molar refractivity (Wildman–Crippen MR) is 137 cm³/mol. The minimum atomic E-state index is -1.22. The molecule has 11 heteroatoms. The molecule has 0 radical (unpaired) electrons. The minimum Gasteiger partial charge on any atom is -0.463 e. The number of carbonyl (C=O) groups is 2. The highest BCUT2D eigenvalue weighted by atomic mass is 16.7. The van der Waals surface area contributed by atoms with Gasteiger partial charge in [-0.05, 0) is 32.8 Å². The molecule has 2 aliphatic carbocycles. The maximum Gasteiger partial charge on any atom is 0.338 e. The number of esters is 2. The summed E-state index contributed by atoms with van der Waals surface area (Å²) in [6.45, 7) is 7.03. The normalized spacial score (nSPS) is 51.0. The summed E-state index contributed by atoms with van der Waals surface area (Å²) in [5.74, 6) is -1.23. The van der Waals surface area contributed by atoms with Crippen molar-refractivity contribution in [1.29, 1.82) is 0 Å². The van der Waals surface area contributed by atoms with Gasteiger partial charge < -0.3 is 43.7 Å². The van der Waals surface area contributed by atoms with Crippen molar-refractivity contribution in [2.45, 2.75) is 101 Å². The van der Waals surface area contributed by atoms with Crippen molar-refractivity contribution in [3.05, 3.63) is 36.0 Å². The number of aliphatic hydroxyl groups excluding tert-OH is 3. The number of hydrogen-bond acceptors (Lipinski definition) is 11. The minimum absolute atomic E-state index is 0.134. The van der Waals surface area contributed by atoms with Gasteiger partial charge in [0.15, 0.2) is 6.10 Å². The lowest BCUT2D eigenvalue weighted by Crippen LogP contribution is -2.68. The number of cyclic esters (lactones) is 1. The summed E-state index contributed by atoms with van der Waals surface area (Å²) in [6.07, 6.45) is 2.24. The molecule has 3 N–H and O–H groups in total. The maximum absolute atomic E-state index is 13.3. The SMILES string of the molecule is CC1=C[C@H]2O[C@@H]3C[C@H]4OC(=O)C=CC=C[C@H]([C@@H](C)O)OC[C@H](O)[C@@]5(C)O[C@@H]5C(=O)OC[C@@]2(C[C@H]1O)[C@]4(C)C31CO1. The molecule has 12 atom stereocenters. The molecule has 3 saturated heterocycles. The summed E-state index contributed by atoms with van der Waals surface area (Å²) in [6, 6.07) is 0. The zero-order valence-corrected chi connectivity index (χ0v) is 23.1. The standard InChI is InChI=1S/C29H38O11/c1-15-9-21-28(11-17(15)31)13-36-25(34)24-26(3,40-24)19(32)12-35-18(16(2)30)7-5-6-8-23(33)39-20-10-22(38-21)29(14-37-29)27(20,28)4/h5-9,16-22,24,30-32H,10-14H2,1-4H3/t16-,17-,18-,19+,20-,21-,22-,24-,26-,27-,28-,29?/m1/s1. The first-order valence-electron chi connectivity index (χ1n) is 13.9. The Bertz CT molecular complexity index is 1160. The van der Waals surface area contributed by atoms with E-state index in [1.807, 2.05) is 19.9 Å². The molecule has 0 amide bonds.